The van der Waals surface area contributed by atoms with E-state index < -0.39 is 13.3 Å². The average Bonchev–Trinajstić information content (AvgIpc) is 2.20. The van der Waals surface area contributed by atoms with E-state index in [2.05, 4.69) is 0 Å². The van der Waals surface area contributed by atoms with E-state index in [-0.39, 0.29) is 18.5 Å². The molecule has 0 aliphatic heterocycles. The second-order valence-corrected chi connectivity index (χ2v) is 8.34. The third-order valence-corrected chi connectivity index (χ3v) is 4.85. The van der Waals surface area contributed by atoms with Crippen molar-refractivity contribution < 1.29 is 19.4 Å². The zero-order valence-corrected chi connectivity index (χ0v) is 13.9. The average molecular weight is 305 g/mol. The highest BCUT2D eigenvalue weighted by Gasteiger charge is 2.21. The predicted octanol–water partition coefficient (Wildman–Crippen LogP) is 2.66. The minimum absolute atomic E-state index is 0.133. The molecule has 0 radical (unpaired) electrons. The summed E-state index contributed by atoms with van der Waals surface area (Å²) in [4.78, 5) is 22.4. The largest absolute Gasteiger partial charge is 0.481 e. The molecule has 118 valence electrons. The summed E-state index contributed by atoms with van der Waals surface area (Å²) < 4.78 is 12.2. The maximum atomic E-state index is 12.2. The molecule has 0 fully saturated rings. The molecule has 0 heterocycles. The van der Waals surface area contributed by atoms with Gasteiger partial charge in [0.25, 0.3) is 0 Å². The maximum Gasteiger partial charge on any atom is 0.303 e. The van der Waals surface area contributed by atoms with Crippen LogP contribution in [0.1, 0.15) is 33.1 Å². The number of allylic oxidation sites excluding steroid dienone is 1. The van der Waals surface area contributed by atoms with Crippen LogP contribution in [0, 0.1) is 5.92 Å². The molecule has 0 aromatic carbocycles. The van der Waals surface area contributed by atoms with Gasteiger partial charge in [0.1, 0.15) is 0 Å². The van der Waals surface area contributed by atoms with Gasteiger partial charge in [-0.2, -0.15) is 0 Å². The molecular formula is C14H28NO4P. The van der Waals surface area contributed by atoms with Crippen molar-refractivity contribution in [3.8, 4) is 0 Å². The zero-order chi connectivity index (χ0) is 15.8. The summed E-state index contributed by atoms with van der Waals surface area (Å²) in [5.41, 5.74) is 0.923. The van der Waals surface area contributed by atoms with Crippen molar-refractivity contribution in [2.24, 2.45) is 5.92 Å². The molecule has 0 aliphatic carbocycles. The van der Waals surface area contributed by atoms with E-state index in [0.717, 1.165) is 5.57 Å². The van der Waals surface area contributed by atoms with E-state index >= 15 is 0 Å². The molecular weight excluding hydrogens is 277 g/mol. The van der Waals surface area contributed by atoms with Gasteiger partial charge in [0, 0.05) is 25.3 Å². The van der Waals surface area contributed by atoms with Gasteiger partial charge in [-0.1, -0.05) is 25.5 Å². The fourth-order valence-corrected chi connectivity index (χ4v) is 4.23. The van der Waals surface area contributed by atoms with E-state index in [1.807, 2.05) is 38.9 Å². The molecule has 0 spiro atoms. The van der Waals surface area contributed by atoms with Crippen molar-refractivity contribution in [1.82, 2.24) is 4.90 Å². The molecule has 0 aliphatic rings. The van der Waals surface area contributed by atoms with Crippen LogP contribution in [0.4, 0.5) is 0 Å². The Morgan fingerprint density at radius 1 is 1.35 bits per heavy atom. The van der Waals surface area contributed by atoms with Crippen LogP contribution >= 0.6 is 7.37 Å². The van der Waals surface area contributed by atoms with Gasteiger partial charge in [-0.15, -0.1) is 0 Å². The number of unbranched alkanes of at least 4 members (excludes halogenated alkanes) is 1. The van der Waals surface area contributed by atoms with E-state index in [1.54, 1.807) is 0 Å². The summed E-state index contributed by atoms with van der Waals surface area (Å²) in [6, 6.07) is 0. The number of nitrogens with zero attached hydrogens (tertiary/aromatic N) is 1. The number of carbonyl (C=O) groups is 1. The molecule has 0 rings (SSSR count). The molecule has 0 saturated carbocycles. The molecule has 5 nitrogen and oxygen atoms in total. The first-order valence-electron chi connectivity index (χ1n) is 6.97. The summed E-state index contributed by atoms with van der Waals surface area (Å²) in [7, 11) is 0.685. The standard InChI is InChI=1S/C14H28NO4P/c1-12(2)10-20(18,19)11-13(9-15(3)4)7-5-6-8-14(16)17/h7,12H,5-6,8-11H2,1-4H3,(H,16,17)(H,18,19). The van der Waals surface area contributed by atoms with Crippen molar-refractivity contribution in [3.05, 3.63) is 11.6 Å². The molecule has 1 unspecified atom stereocenters. The number of carboxylic acid groups (broad SMARTS) is 1. The topological polar surface area (TPSA) is 77.8 Å². The predicted molar refractivity (Wildman–Crippen MR) is 82.5 cm³/mol. The second-order valence-electron chi connectivity index (χ2n) is 5.97. The van der Waals surface area contributed by atoms with Gasteiger partial charge in [-0.25, -0.2) is 0 Å². The van der Waals surface area contributed by atoms with Gasteiger partial charge in [-0.3, -0.25) is 9.36 Å². The maximum absolute atomic E-state index is 12.2. The summed E-state index contributed by atoms with van der Waals surface area (Å²) in [5.74, 6) is -0.612. The first-order chi connectivity index (χ1) is 9.12. The van der Waals surface area contributed by atoms with E-state index in [9.17, 15) is 14.3 Å². The Morgan fingerprint density at radius 2 is 1.95 bits per heavy atom. The number of hydrogen-bond donors (Lipinski definition) is 2. The lowest BCUT2D eigenvalue weighted by atomic mass is 10.1. The van der Waals surface area contributed by atoms with Gasteiger partial charge >= 0.3 is 5.97 Å². The van der Waals surface area contributed by atoms with Crippen LogP contribution in [0.2, 0.25) is 0 Å². The molecule has 0 aromatic heterocycles. The highest BCUT2D eigenvalue weighted by atomic mass is 31.2. The smallest absolute Gasteiger partial charge is 0.303 e. The molecule has 6 heteroatoms. The lowest BCUT2D eigenvalue weighted by molar-refractivity contribution is -0.137. The lowest BCUT2D eigenvalue weighted by Crippen LogP contribution is -2.18. The number of likely N-dealkylation sites (N-methyl/N-ethyl adjacent to an activating group) is 1. The molecule has 2 N–H and O–H groups in total. The van der Waals surface area contributed by atoms with Crippen LogP contribution in [0.3, 0.4) is 0 Å². The monoisotopic (exact) mass is 305 g/mol. The Bertz CT molecular complexity index is 377. The quantitative estimate of drug-likeness (QED) is 0.368. The summed E-state index contributed by atoms with van der Waals surface area (Å²) >= 11 is 0. The van der Waals surface area contributed by atoms with Crippen molar-refractivity contribution in [3.63, 3.8) is 0 Å². The highest BCUT2D eigenvalue weighted by molar-refractivity contribution is 7.58. The molecule has 0 saturated heterocycles. The first kappa shape index (κ1) is 19.4. The molecule has 1 atom stereocenters. The van der Waals surface area contributed by atoms with Gasteiger partial charge in [-0.05, 0) is 32.9 Å². The fourth-order valence-electron chi connectivity index (χ4n) is 2.10. The van der Waals surface area contributed by atoms with E-state index in [4.69, 9.17) is 5.11 Å². The number of carboxylic acids is 1. The lowest BCUT2D eigenvalue weighted by Gasteiger charge is -2.19. The van der Waals surface area contributed by atoms with Crippen molar-refractivity contribution in [2.75, 3.05) is 33.0 Å². The third-order valence-electron chi connectivity index (χ3n) is 2.65. The fraction of sp³-hybridized carbons (Fsp3) is 0.786. The molecule has 20 heavy (non-hydrogen) atoms. The van der Waals surface area contributed by atoms with Crippen molar-refractivity contribution in [1.29, 1.82) is 0 Å². The van der Waals surface area contributed by atoms with Crippen LogP contribution in [0.15, 0.2) is 11.6 Å². The summed E-state index contributed by atoms with van der Waals surface area (Å²) in [6.07, 6.45) is 3.79. The summed E-state index contributed by atoms with van der Waals surface area (Å²) in [5, 5.41) is 8.60. The van der Waals surface area contributed by atoms with Gasteiger partial charge in [0.2, 0.25) is 7.37 Å². The SMILES string of the molecule is CC(C)CP(=O)(O)CC(=CCCCC(=O)O)CN(C)C. The van der Waals surface area contributed by atoms with E-state index in [0.29, 0.717) is 25.5 Å². The van der Waals surface area contributed by atoms with E-state index in [1.165, 1.54) is 0 Å². The Labute approximate surface area is 122 Å². The van der Waals surface area contributed by atoms with Gasteiger partial charge in [0.15, 0.2) is 0 Å². The van der Waals surface area contributed by atoms with Crippen LogP contribution in [-0.4, -0.2) is 53.8 Å². The Balaban J connectivity index is 4.58. The highest BCUT2D eigenvalue weighted by Crippen LogP contribution is 2.44. The van der Waals surface area contributed by atoms with Crippen LogP contribution in [0.5, 0.6) is 0 Å². The van der Waals surface area contributed by atoms with Gasteiger partial charge in [0.05, 0.1) is 0 Å². The number of rotatable bonds is 10. The molecule has 0 aromatic rings. The Hall–Kier alpha value is -0.640. The third kappa shape index (κ3) is 11.2. The van der Waals surface area contributed by atoms with Crippen LogP contribution in [0.25, 0.3) is 0 Å². The second kappa shape index (κ2) is 9.32. The normalized spacial score (nSPS) is 15.7. The Morgan fingerprint density at radius 3 is 2.40 bits per heavy atom. The zero-order valence-electron chi connectivity index (χ0n) is 13.0. The van der Waals surface area contributed by atoms with Gasteiger partial charge < -0.3 is 14.9 Å². The van der Waals surface area contributed by atoms with Crippen molar-refractivity contribution >= 4 is 13.3 Å². The Kier molecular flexibility index (Phi) is 9.03. The van der Waals surface area contributed by atoms with Crippen LogP contribution < -0.4 is 0 Å². The first-order valence-corrected chi connectivity index (χ1v) is 9.00. The number of aliphatic carboxylic acids is 1. The summed E-state index contributed by atoms with van der Waals surface area (Å²) in [6.45, 7) is 4.51. The minimum atomic E-state index is -3.14. The van der Waals surface area contributed by atoms with Crippen molar-refractivity contribution in [2.45, 2.75) is 33.1 Å². The molecule has 0 bridgehead atoms. The number of hydrogen-bond acceptors (Lipinski definition) is 3. The van der Waals surface area contributed by atoms with Crippen LogP contribution in [-0.2, 0) is 9.36 Å². The minimum Gasteiger partial charge on any atom is -0.481 e. The molecule has 0 amide bonds.